The van der Waals surface area contributed by atoms with Crippen LogP contribution in [-0.2, 0) is 0 Å². The number of nitrogens with zero attached hydrogens (tertiary/aromatic N) is 1. The summed E-state index contributed by atoms with van der Waals surface area (Å²) in [5.41, 5.74) is 2.01. The molecule has 1 aliphatic rings. The van der Waals surface area contributed by atoms with Crippen LogP contribution in [0.4, 0.5) is 0 Å². The summed E-state index contributed by atoms with van der Waals surface area (Å²) in [7, 11) is 0. The summed E-state index contributed by atoms with van der Waals surface area (Å²) in [5, 5.41) is 14.2. The SMILES string of the molecule is Oc1cccc2c(C3CCNC3)ccnc12. The van der Waals surface area contributed by atoms with Crippen LogP contribution in [0.5, 0.6) is 5.75 Å². The van der Waals surface area contributed by atoms with Gasteiger partial charge in [-0.1, -0.05) is 12.1 Å². The average molecular weight is 214 g/mol. The Hall–Kier alpha value is -1.61. The second kappa shape index (κ2) is 3.76. The van der Waals surface area contributed by atoms with Crippen molar-refractivity contribution in [1.82, 2.24) is 10.3 Å². The zero-order chi connectivity index (χ0) is 11.0. The van der Waals surface area contributed by atoms with E-state index >= 15 is 0 Å². The van der Waals surface area contributed by atoms with Crippen LogP contribution >= 0.6 is 0 Å². The van der Waals surface area contributed by atoms with Crippen LogP contribution in [0.2, 0.25) is 0 Å². The number of para-hydroxylation sites is 1. The smallest absolute Gasteiger partial charge is 0.141 e. The topological polar surface area (TPSA) is 45.1 Å². The van der Waals surface area contributed by atoms with Gasteiger partial charge in [-0.3, -0.25) is 4.98 Å². The Bertz CT molecular complexity index is 518. The van der Waals surface area contributed by atoms with E-state index in [4.69, 9.17) is 0 Å². The van der Waals surface area contributed by atoms with Crippen LogP contribution in [0.15, 0.2) is 30.5 Å². The van der Waals surface area contributed by atoms with Gasteiger partial charge in [-0.15, -0.1) is 0 Å². The summed E-state index contributed by atoms with van der Waals surface area (Å²) >= 11 is 0. The summed E-state index contributed by atoms with van der Waals surface area (Å²) in [4.78, 5) is 4.24. The molecule has 1 unspecified atom stereocenters. The van der Waals surface area contributed by atoms with E-state index in [2.05, 4.69) is 16.4 Å². The molecule has 2 N–H and O–H groups in total. The van der Waals surface area contributed by atoms with Crippen molar-refractivity contribution in [2.75, 3.05) is 13.1 Å². The Morgan fingerprint density at radius 3 is 3.06 bits per heavy atom. The molecule has 1 saturated heterocycles. The predicted octanol–water partition coefficient (Wildman–Crippen LogP) is 2.02. The van der Waals surface area contributed by atoms with Gasteiger partial charge < -0.3 is 10.4 Å². The van der Waals surface area contributed by atoms with Crippen molar-refractivity contribution < 1.29 is 5.11 Å². The van der Waals surface area contributed by atoms with Gasteiger partial charge >= 0.3 is 0 Å². The molecule has 1 aliphatic heterocycles. The van der Waals surface area contributed by atoms with E-state index in [-0.39, 0.29) is 5.75 Å². The number of benzene rings is 1. The molecule has 0 aliphatic carbocycles. The van der Waals surface area contributed by atoms with E-state index in [9.17, 15) is 5.11 Å². The first kappa shape index (κ1) is 9.60. The standard InChI is InChI=1S/C13H14N2O/c16-12-3-1-2-11-10(5-7-15-13(11)12)9-4-6-14-8-9/h1-3,5,7,9,14,16H,4,6,8H2. The molecule has 16 heavy (non-hydrogen) atoms. The lowest BCUT2D eigenvalue weighted by atomic mass is 9.95. The van der Waals surface area contributed by atoms with Crippen molar-refractivity contribution in [3.63, 3.8) is 0 Å². The Morgan fingerprint density at radius 1 is 1.31 bits per heavy atom. The molecule has 0 bridgehead atoms. The molecule has 2 aromatic rings. The van der Waals surface area contributed by atoms with E-state index in [1.165, 1.54) is 5.56 Å². The number of aromatic hydroxyl groups is 1. The number of pyridine rings is 1. The Morgan fingerprint density at radius 2 is 2.25 bits per heavy atom. The quantitative estimate of drug-likeness (QED) is 0.763. The third-order valence-electron chi connectivity index (χ3n) is 3.28. The number of phenolic OH excluding ortho intramolecular Hbond substituents is 1. The van der Waals surface area contributed by atoms with Gasteiger partial charge in [0, 0.05) is 18.1 Å². The van der Waals surface area contributed by atoms with Crippen molar-refractivity contribution >= 4 is 10.9 Å². The van der Waals surface area contributed by atoms with Crippen molar-refractivity contribution in [2.45, 2.75) is 12.3 Å². The fraction of sp³-hybridized carbons (Fsp3) is 0.308. The van der Waals surface area contributed by atoms with E-state index in [0.717, 1.165) is 24.9 Å². The first-order valence-corrected chi connectivity index (χ1v) is 5.63. The highest BCUT2D eigenvalue weighted by molar-refractivity contribution is 5.87. The zero-order valence-corrected chi connectivity index (χ0v) is 8.98. The molecule has 0 amide bonds. The van der Waals surface area contributed by atoms with Crippen LogP contribution in [0.25, 0.3) is 10.9 Å². The van der Waals surface area contributed by atoms with Crippen LogP contribution < -0.4 is 5.32 Å². The number of fused-ring (bicyclic) bond motifs is 1. The molecule has 1 atom stereocenters. The van der Waals surface area contributed by atoms with Crippen molar-refractivity contribution in [1.29, 1.82) is 0 Å². The van der Waals surface area contributed by atoms with Gasteiger partial charge in [0.2, 0.25) is 0 Å². The maximum Gasteiger partial charge on any atom is 0.141 e. The lowest BCUT2D eigenvalue weighted by molar-refractivity contribution is 0.480. The fourth-order valence-electron chi connectivity index (χ4n) is 2.46. The van der Waals surface area contributed by atoms with Gasteiger partial charge in [0.25, 0.3) is 0 Å². The first-order valence-electron chi connectivity index (χ1n) is 5.63. The minimum absolute atomic E-state index is 0.269. The Kier molecular flexibility index (Phi) is 2.26. The van der Waals surface area contributed by atoms with Crippen LogP contribution in [-0.4, -0.2) is 23.2 Å². The molecule has 1 fully saturated rings. The summed E-state index contributed by atoms with van der Waals surface area (Å²) in [6.45, 7) is 2.10. The summed E-state index contributed by atoms with van der Waals surface area (Å²) in [6.07, 6.45) is 2.95. The van der Waals surface area contributed by atoms with Gasteiger partial charge in [0.15, 0.2) is 0 Å². The third-order valence-corrected chi connectivity index (χ3v) is 3.28. The minimum atomic E-state index is 0.269. The van der Waals surface area contributed by atoms with Crippen molar-refractivity contribution in [3.8, 4) is 5.75 Å². The van der Waals surface area contributed by atoms with Crippen molar-refractivity contribution in [2.24, 2.45) is 0 Å². The maximum atomic E-state index is 9.76. The first-order chi connectivity index (χ1) is 7.86. The fourth-order valence-corrected chi connectivity index (χ4v) is 2.46. The van der Waals surface area contributed by atoms with E-state index in [1.54, 1.807) is 12.3 Å². The normalized spacial score (nSPS) is 20.4. The number of hydrogen-bond acceptors (Lipinski definition) is 3. The molecular weight excluding hydrogens is 200 g/mol. The summed E-state index contributed by atoms with van der Waals surface area (Å²) < 4.78 is 0. The second-order valence-electron chi connectivity index (χ2n) is 4.26. The van der Waals surface area contributed by atoms with Crippen LogP contribution in [0.3, 0.4) is 0 Å². The van der Waals surface area contributed by atoms with E-state index in [0.29, 0.717) is 11.4 Å². The lowest BCUT2D eigenvalue weighted by Gasteiger charge is -2.12. The molecule has 1 aromatic heterocycles. The third kappa shape index (κ3) is 1.44. The van der Waals surface area contributed by atoms with Crippen molar-refractivity contribution in [3.05, 3.63) is 36.0 Å². The molecule has 0 radical (unpaired) electrons. The maximum absolute atomic E-state index is 9.76. The van der Waals surface area contributed by atoms with E-state index in [1.807, 2.05) is 12.1 Å². The largest absolute Gasteiger partial charge is 0.506 e. The number of aromatic nitrogens is 1. The molecule has 0 saturated carbocycles. The molecule has 1 aromatic carbocycles. The molecule has 3 rings (SSSR count). The highest BCUT2D eigenvalue weighted by Gasteiger charge is 2.19. The highest BCUT2D eigenvalue weighted by Crippen LogP contribution is 2.31. The van der Waals surface area contributed by atoms with Gasteiger partial charge in [-0.2, -0.15) is 0 Å². The zero-order valence-electron chi connectivity index (χ0n) is 8.98. The molecule has 3 nitrogen and oxygen atoms in total. The Balaban J connectivity index is 2.20. The number of hydrogen-bond donors (Lipinski definition) is 2. The summed E-state index contributed by atoms with van der Waals surface area (Å²) in [6, 6.07) is 7.67. The Labute approximate surface area is 94.1 Å². The van der Waals surface area contributed by atoms with Gasteiger partial charge in [0.1, 0.15) is 11.3 Å². The van der Waals surface area contributed by atoms with E-state index < -0.39 is 0 Å². The lowest BCUT2D eigenvalue weighted by Crippen LogP contribution is -2.08. The van der Waals surface area contributed by atoms with Crippen LogP contribution in [0.1, 0.15) is 17.9 Å². The molecule has 82 valence electrons. The molecular formula is C13H14N2O. The van der Waals surface area contributed by atoms with Gasteiger partial charge in [0.05, 0.1) is 0 Å². The minimum Gasteiger partial charge on any atom is -0.506 e. The van der Waals surface area contributed by atoms with Gasteiger partial charge in [-0.05, 0) is 36.6 Å². The molecule has 2 heterocycles. The highest BCUT2D eigenvalue weighted by atomic mass is 16.3. The molecule has 0 spiro atoms. The van der Waals surface area contributed by atoms with Gasteiger partial charge in [-0.25, -0.2) is 0 Å². The number of nitrogens with one attached hydrogen (secondary N) is 1. The number of rotatable bonds is 1. The average Bonchev–Trinajstić information content (AvgIpc) is 2.82. The predicted molar refractivity (Wildman–Crippen MR) is 63.6 cm³/mol. The monoisotopic (exact) mass is 214 g/mol. The van der Waals surface area contributed by atoms with Crippen LogP contribution in [0, 0.1) is 0 Å². The number of phenols is 1. The molecule has 3 heteroatoms. The second-order valence-corrected chi connectivity index (χ2v) is 4.26. The summed E-state index contributed by atoms with van der Waals surface area (Å²) in [5.74, 6) is 0.817.